The van der Waals surface area contributed by atoms with Gasteiger partial charge in [0.2, 0.25) is 0 Å². The molecule has 2 aromatic rings. The summed E-state index contributed by atoms with van der Waals surface area (Å²) in [4.78, 5) is 2.57. The Labute approximate surface area is 150 Å². The van der Waals surface area contributed by atoms with Crippen LogP contribution < -0.4 is 14.8 Å². The van der Waals surface area contributed by atoms with Crippen LogP contribution in [0.25, 0.3) is 0 Å². The molecule has 134 valence electrons. The molecule has 0 saturated carbocycles. The van der Waals surface area contributed by atoms with E-state index in [9.17, 15) is 0 Å². The maximum absolute atomic E-state index is 5.45. The van der Waals surface area contributed by atoms with Crippen LogP contribution in [0.2, 0.25) is 0 Å². The lowest BCUT2D eigenvalue weighted by Crippen LogP contribution is -2.34. The van der Waals surface area contributed by atoms with Crippen molar-refractivity contribution in [2.24, 2.45) is 0 Å². The highest BCUT2D eigenvalue weighted by Gasteiger charge is 2.23. The van der Waals surface area contributed by atoms with Crippen LogP contribution in [0.3, 0.4) is 0 Å². The number of hydrogen-bond acceptors (Lipinski definition) is 4. The Hall–Kier alpha value is -2.04. The number of ether oxygens (including phenoxy) is 2. The summed E-state index contributed by atoms with van der Waals surface area (Å²) < 4.78 is 10.9. The molecular formula is C21H28N2O2. The highest BCUT2D eigenvalue weighted by molar-refractivity contribution is 5.33. The number of methoxy groups -OCH3 is 2. The first-order valence-electron chi connectivity index (χ1n) is 9.02. The number of nitrogens with zero attached hydrogens (tertiary/aromatic N) is 1. The molecule has 2 aromatic carbocycles. The van der Waals surface area contributed by atoms with Crippen LogP contribution in [0, 0.1) is 0 Å². The van der Waals surface area contributed by atoms with Crippen LogP contribution in [-0.4, -0.2) is 38.8 Å². The highest BCUT2D eigenvalue weighted by Crippen LogP contribution is 2.27. The lowest BCUT2D eigenvalue weighted by atomic mass is 10.0. The summed E-state index contributed by atoms with van der Waals surface area (Å²) in [6, 6.07) is 17.0. The smallest absolute Gasteiger partial charge is 0.123 e. The zero-order valence-electron chi connectivity index (χ0n) is 15.2. The van der Waals surface area contributed by atoms with Gasteiger partial charge in [-0.3, -0.25) is 4.90 Å². The molecule has 1 aliphatic rings. The van der Waals surface area contributed by atoms with Crippen molar-refractivity contribution in [2.45, 2.75) is 25.4 Å². The number of para-hydroxylation sites is 1. The summed E-state index contributed by atoms with van der Waals surface area (Å²) in [5.74, 6) is 1.86. The fourth-order valence-electron chi connectivity index (χ4n) is 3.55. The summed E-state index contributed by atoms with van der Waals surface area (Å²) in [7, 11) is 3.45. The van der Waals surface area contributed by atoms with Gasteiger partial charge in [0.15, 0.2) is 0 Å². The van der Waals surface area contributed by atoms with E-state index in [0.29, 0.717) is 6.04 Å². The molecule has 4 heteroatoms. The first-order valence-corrected chi connectivity index (χ1v) is 9.02. The average Bonchev–Trinajstić information content (AvgIpc) is 3.20. The summed E-state index contributed by atoms with van der Waals surface area (Å²) in [5.41, 5.74) is 2.50. The Balaban J connectivity index is 1.69. The third-order valence-corrected chi connectivity index (χ3v) is 4.91. The van der Waals surface area contributed by atoms with Crippen LogP contribution in [0.1, 0.15) is 30.0 Å². The van der Waals surface area contributed by atoms with E-state index in [1.807, 2.05) is 18.2 Å². The molecule has 3 rings (SSSR count). The second-order valence-corrected chi connectivity index (χ2v) is 6.48. The third-order valence-electron chi connectivity index (χ3n) is 4.91. The Morgan fingerprint density at radius 3 is 2.56 bits per heavy atom. The quantitative estimate of drug-likeness (QED) is 0.796. The molecule has 0 amide bonds. The van der Waals surface area contributed by atoms with E-state index in [4.69, 9.17) is 9.47 Å². The molecule has 4 nitrogen and oxygen atoms in total. The fraction of sp³-hybridized carbons (Fsp3) is 0.429. The van der Waals surface area contributed by atoms with Crippen LogP contribution in [0.15, 0.2) is 48.5 Å². The lowest BCUT2D eigenvalue weighted by molar-refractivity contribution is 0.237. The topological polar surface area (TPSA) is 33.7 Å². The normalized spacial score (nSPS) is 15.9. The highest BCUT2D eigenvalue weighted by atomic mass is 16.5. The molecule has 1 heterocycles. The number of likely N-dealkylation sites (tertiary alicyclic amines) is 1. The molecule has 0 bridgehead atoms. The zero-order chi connectivity index (χ0) is 17.5. The molecule has 1 unspecified atom stereocenters. The van der Waals surface area contributed by atoms with Gasteiger partial charge in [-0.05, 0) is 49.7 Å². The minimum atomic E-state index is 0.368. The second kappa shape index (κ2) is 8.88. The van der Waals surface area contributed by atoms with Gasteiger partial charge >= 0.3 is 0 Å². The molecule has 1 atom stereocenters. The molecule has 0 aliphatic carbocycles. The molecule has 0 radical (unpaired) electrons. The van der Waals surface area contributed by atoms with Crippen LogP contribution >= 0.6 is 0 Å². The number of hydrogen-bond donors (Lipinski definition) is 1. The Morgan fingerprint density at radius 2 is 1.80 bits per heavy atom. The molecule has 1 aliphatic heterocycles. The Morgan fingerprint density at radius 1 is 1.00 bits per heavy atom. The van der Waals surface area contributed by atoms with Gasteiger partial charge in [0.05, 0.1) is 14.2 Å². The minimum Gasteiger partial charge on any atom is -0.497 e. The summed E-state index contributed by atoms with van der Waals surface area (Å²) in [6.45, 7) is 4.04. The van der Waals surface area contributed by atoms with E-state index in [0.717, 1.165) is 37.7 Å². The zero-order valence-corrected chi connectivity index (χ0v) is 15.2. The first kappa shape index (κ1) is 17.8. The molecule has 25 heavy (non-hydrogen) atoms. The van der Waals surface area contributed by atoms with Crippen molar-refractivity contribution < 1.29 is 9.47 Å². The van der Waals surface area contributed by atoms with Gasteiger partial charge in [-0.15, -0.1) is 0 Å². The van der Waals surface area contributed by atoms with E-state index in [1.54, 1.807) is 14.2 Å². The van der Waals surface area contributed by atoms with Crippen LogP contribution in [0.4, 0.5) is 0 Å². The Bertz CT molecular complexity index is 668. The van der Waals surface area contributed by atoms with Crippen molar-refractivity contribution in [2.75, 3.05) is 33.9 Å². The maximum atomic E-state index is 5.45. The van der Waals surface area contributed by atoms with E-state index in [1.165, 1.54) is 24.0 Å². The summed E-state index contributed by atoms with van der Waals surface area (Å²) >= 11 is 0. The van der Waals surface area contributed by atoms with E-state index < -0.39 is 0 Å². The van der Waals surface area contributed by atoms with Crippen molar-refractivity contribution in [1.29, 1.82) is 0 Å². The lowest BCUT2D eigenvalue weighted by Gasteiger charge is -2.28. The molecule has 0 aromatic heterocycles. The maximum Gasteiger partial charge on any atom is 0.123 e. The van der Waals surface area contributed by atoms with Gasteiger partial charge in [-0.2, -0.15) is 0 Å². The second-order valence-electron chi connectivity index (χ2n) is 6.48. The fourth-order valence-corrected chi connectivity index (χ4v) is 3.55. The molecule has 0 spiro atoms. The largest absolute Gasteiger partial charge is 0.497 e. The van der Waals surface area contributed by atoms with E-state index >= 15 is 0 Å². The Kier molecular flexibility index (Phi) is 6.31. The standard InChI is InChI=1S/C21H28N2O2/c1-24-19-10-7-9-17(14-19)20(23-12-5-6-13-23)16-22-15-18-8-3-4-11-21(18)25-2/h3-4,7-11,14,20,22H,5-6,12-13,15-16H2,1-2H3. The van der Waals surface area contributed by atoms with Gasteiger partial charge in [0, 0.05) is 24.7 Å². The number of rotatable bonds is 8. The van der Waals surface area contributed by atoms with Crippen molar-refractivity contribution in [3.8, 4) is 11.5 Å². The number of benzene rings is 2. The van der Waals surface area contributed by atoms with Crippen LogP contribution in [-0.2, 0) is 6.54 Å². The van der Waals surface area contributed by atoms with E-state index in [2.05, 4.69) is 40.5 Å². The van der Waals surface area contributed by atoms with Crippen LogP contribution in [0.5, 0.6) is 11.5 Å². The van der Waals surface area contributed by atoms with Gasteiger partial charge in [-0.25, -0.2) is 0 Å². The predicted molar refractivity (Wildman–Crippen MR) is 101 cm³/mol. The van der Waals surface area contributed by atoms with Gasteiger partial charge < -0.3 is 14.8 Å². The van der Waals surface area contributed by atoms with E-state index in [-0.39, 0.29) is 0 Å². The first-order chi connectivity index (χ1) is 12.3. The van der Waals surface area contributed by atoms with Crippen molar-refractivity contribution in [3.05, 3.63) is 59.7 Å². The van der Waals surface area contributed by atoms with Crippen molar-refractivity contribution >= 4 is 0 Å². The molecule has 1 saturated heterocycles. The summed E-state index contributed by atoms with van der Waals surface area (Å²) in [6.07, 6.45) is 2.57. The molecular weight excluding hydrogens is 312 g/mol. The van der Waals surface area contributed by atoms with Crippen molar-refractivity contribution in [3.63, 3.8) is 0 Å². The monoisotopic (exact) mass is 340 g/mol. The molecule has 1 N–H and O–H groups in total. The predicted octanol–water partition coefficient (Wildman–Crippen LogP) is 3.63. The average molecular weight is 340 g/mol. The van der Waals surface area contributed by atoms with Crippen molar-refractivity contribution in [1.82, 2.24) is 10.2 Å². The third kappa shape index (κ3) is 4.53. The number of nitrogens with one attached hydrogen (secondary N) is 1. The van der Waals surface area contributed by atoms with Gasteiger partial charge in [0.1, 0.15) is 11.5 Å². The molecule has 1 fully saturated rings. The SMILES string of the molecule is COc1cccc(C(CNCc2ccccc2OC)N2CCCC2)c1. The summed E-state index contributed by atoms with van der Waals surface area (Å²) in [5, 5.41) is 3.63. The van der Waals surface area contributed by atoms with Gasteiger partial charge in [0.25, 0.3) is 0 Å². The van der Waals surface area contributed by atoms with Gasteiger partial charge in [-0.1, -0.05) is 30.3 Å². The minimum absolute atomic E-state index is 0.368.